The van der Waals surface area contributed by atoms with E-state index in [4.69, 9.17) is 13.9 Å². The highest BCUT2D eigenvalue weighted by molar-refractivity contribution is 5.72. The maximum Gasteiger partial charge on any atom is 0.192 e. The Labute approximate surface area is 110 Å². The van der Waals surface area contributed by atoms with E-state index in [0.717, 1.165) is 11.1 Å². The molecule has 0 unspecified atom stereocenters. The molecule has 3 rings (SSSR count). The molecule has 19 heavy (non-hydrogen) atoms. The fourth-order valence-electron chi connectivity index (χ4n) is 2.21. The third-order valence-electron chi connectivity index (χ3n) is 3.25. The first-order valence-corrected chi connectivity index (χ1v) is 6.15. The molecule has 0 bridgehead atoms. The molecule has 0 saturated carbocycles. The Hall–Kier alpha value is -1.91. The van der Waals surface area contributed by atoms with Crippen molar-refractivity contribution in [2.24, 2.45) is 0 Å². The lowest BCUT2D eigenvalue weighted by Gasteiger charge is -2.23. The highest BCUT2D eigenvalue weighted by atomic mass is 16.7. The van der Waals surface area contributed by atoms with Gasteiger partial charge in [0.1, 0.15) is 5.76 Å². The predicted molar refractivity (Wildman–Crippen MR) is 68.8 cm³/mol. The smallest absolute Gasteiger partial charge is 0.192 e. The summed E-state index contributed by atoms with van der Waals surface area (Å²) in [5, 5.41) is 0. The second kappa shape index (κ2) is 4.64. The van der Waals surface area contributed by atoms with E-state index in [1.54, 1.807) is 12.1 Å². The van der Waals surface area contributed by atoms with Gasteiger partial charge >= 0.3 is 0 Å². The van der Waals surface area contributed by atoms with Crippen molar-refractivity contribution in [2.45, 2.75) is 12.7 Å². The SMILES string of the molecule is CC1(c2cccc(-c3ccc(C=O)o3)c2)OCCO1. The van der Waals surface area contributed by atoms with Crippen LogP contribution in [0.1, 0.15) is 23.0 Å². The van der Waals surface area contributed by atoms with E-state index in [-0.39, 0.29) is 0 Å². The van der Waals surface area contributed by atoms with Crippen LogP contribution in [0.25, 0.3) is 11.3 Å². The number of hydrogen-bond donors (Lipinski definition) is 0. The maximum atomic E-state index is 10.6. The van der Waals surface area contributed by atoms with Crippen LogP contribution in [0.4, 0.5) is 0 Å². The first-order chi connectivity index (χ1) is 9.21. The van der Waals surface area contributed by atoms with Gasteiger partial charge in [-0.3, -0.25) is 4.79 Å². The normalized spacial score (nSPS) is 17.5. The third kappa shape index (κ3) is 2.20. The van der Waals surface area contributed by atoms with Gasteiger partial charge in [-0.15, -0.1) is 0 Å². The Morgan fingerprint density at radius 1 is 1.16 bits per heavy atom. The van der Waals surface area contributed by atoms with Crippen molar-refractivity contribution < 1.29 is 18.7 Å². The average Bonchev–Trinajstić information content (AvgIpc) is 3.08. The van der Waals surface area contributed by atoms with E-state index in [0.29, 0.717) is 31.0 Å². The van der Waals surface area contributed by atoms with Gasteiger partial charge in [-0.2, -0.15) is 0 Å². The molecule has 2 aromatic rings. The van der Waals surface area contributed by atoms with Crippen LogP contribution in [0.5, 0.6) is 0 Å². The molecule has 1 aliphatic heterocycles. The van der Waals surface area contributed by atoms with Crippen LogP contribution in [0.15, 0.2) is 40.8 Å². The van der Waals surface area contributed by atoms with Gasteiger partial charge in [-0.1, -0.05) is 18.2 Å². The Kier molecular flexibility index (Phi) is 2.97. The number of carbonyl (C=O) groups is 1. The number of hydrogen-bond acceptors (Lipinski definition) is 4. The molecule has 1 aromatic carbocycles. The number of aldehydes is 1. The number of ether oxygens (including phenoxy) is 2. The van der Waals surface area contributed by atoms with Crippen LogP contribution in [0, 0.1) is 0 Å². The average molecular weight is 258 g/mol. The lowest BCUT2D eigenvalue weighted by Crippen LogP contribution is -2.22. The molecule has 1 aromatic heterocycles. The maximum absolute atomic E-state index is 10.6. The molecule has 1 fully saturated rings. The minimum Gasteiger partial charge on any atom is -0.453 e. The van der Waals surface area contributed by atoms with E-state index in [2.05, 4.69) is 0 Å². The zero-order chi connectivity index (χ0) is 13.3. The number of rotatable bonds is 3. The highest BCUT2D eigenvalue weighted by Crippen LogP contribution is 2.33. The summed E-state index contributed by atoms with van der Waals surface area (Å²) in [4.78, 5) is 10.6. The van der Waals surface area contributed by atoms with Crippen LogP contribution in [0.3, 0.4) is 0 Å². The lowest BCUT2D eigenvalue weighted by molar-refractivity contribution is -0.149. The predicted octanol–water partition coefficient (Wildman–Crippen LogP) is 2.98. The Balaban J connectivity index is 1.97. The summed E-state index contributed by atoms with van der Waals surface area (Å²) in [6.07, 6.45) is 0.692. The van der Waals surface area contributed by atoms with Crippen LogP contribution in [0.2, 0.25) is 0 Å². The topological polar surface area (TPSA) is 48.7 Å². The van der Waals surface area contributed by atoms with Crippen molar-refractivity contribution in [3.05, 3.63) is 47.7 Å². The molecule has 0 spiro atoms. The number of benzene rings is 1. The molecule has 0 radical (unpaired) electrons. The van der Waals surface area contributed by atoms with Gasteiger partial charge in [-0.05, 0) is 25.1 Å². The summed E-state index contributed by atoms with van der Waals surface area (Å²) in [5.41, 5.74) is 1.83. The molecular weight excluding hydrogens is 244 g/mol. The van der Waals surface area contributed by atoms with Crippen LogP contribution in [-0.2, 0) is 15.3 Å². The highest BCUT2D eigenvalue weighted by Gasteiger charge is 2.33. The quantitative estimate of drug-likeness (QED) is 0.794. The van der Waals surface area contributed by atoms with Crippen molar-refractivity contribution in [2.75, 3.05) is 13.2 Å². The first-order valence-electron chi connectivity index (χ1n) is 6.15. The van der Waals surface area contributed by atoms with Crippen molar-refractivity contribution in [3.8, 4) is 11.3 Å². The standard InChI is InChI=1S/C15H14O4/c1-15(17-7-8-18-15)12-4-2-3-11(9-12)14-6-5-13(10-16)19-14/h2-6,9-10H,7-8H2,1H3. The molecule has 1 aliphatic rings. The van der Waals surface area contributed by atoms with E-state index in [9.17, 15) is 4.79 Å². The van der Waals surface area contributed by atoms with Gasteiger partial charge in [0.15, 0.2) is 17.8 Å². The van der Waals surface area contributed by atoms with Gasteiger partial charge in [0.05, 0.1) is 13.2 Å². The minimum absolute atomic E-state index is 0.319. The summed E-state index contributed by atoms with van der Waals surface area (Å²) < 4.78 is 16.7. The summed E-state index contributed by atoms with van der Waals surface area (Å²) in [5.74, 6) is 0.279. The molecule has 0 atom stereocenters. The summed E-state index contributed by atoms with van der Waals surface area (Å²) in [6, 6.07) is 11.2. The number of carbonyl (C=O) groups excluding carboxylic acids is 1. The molecule has 0 N–H and O–H groups in total. The summed E-state index contributed by atoms with van der Waals surface area (Å²) in [7, 11) is 0. The van der Waals surface area contributed by atoms with E-state index in [1.165, 1.54) is 0 Å². The largest absolute Gasteiger partial charge is 0.453 e. The molecule has 4 heteroatoms. The molecule has 2 heterocycles. The van der Waals surface area contributed by atoms with Crippen LogP contribution >= 0.6 is 0 Å². The van der Waals surface area contributed by atoms with Crippen molar-refractivity contribution in [1.29, 1.82) is 0 Å². The molecule has 98 valence electrons. The Morgan fingerprint density at radius 2 is 1.95 bits per heavy atom. The lowest BCUT2D eigenvalue weighted by atomic mass is 10.0. The van der Waals surface area contributed by atoms with Crippen LogP contribution in [-0.4, -0.2) is 19.5 Å². The first kappa shape index (κ1) is 12.1. The number of furan rings is 1. The van der Waals surface area contributed by atoms with Crippen LogP contribution < -0.4 is 0 Å². The van der Waals surface area contributed by atoms with Crippen molar-refractivity contribution >= 4 is 6.29 Å². The molecule has 0 aliphatic carbocycles. The summed E-state index contributed by atoms with van der Waals surface area (Å²) in [6.45, 7) is 3.09. The monoisotopic (exact) mass is 258 g/mol. The molecule has 1 saturated heterocycles. The van der Waals surface area contributed by atoms with Crippen molar-refractivity contribution in [3.63, 3.8) is 0 Å². The second-order valence-corrected chi connectivity index (χ2v) is 4.54. The van der Waals surface area contributed by atoms with Crippen molar-refractivity contribution in [1.82, 2.24) is 0 Å². The zero-order valence-corrected chi connectivity index (χ0v) is 10.6. The fraction of sp³-hybridized carbons (Fsp3) is 0.267. The van der Waals surface area contributed by atoms with Gasteiger partial charge in [0, 0.05) is 11.1 Å². The zero-order valence-electron chi connectivity index (χ0n) is 10.6. The molecular formula is C15H14O4. The van der Waals surface area contributed by atoms with E-state index in [1.807, 2.05) is 31.2 Å². The van der Waals surface area contributed by atoms with E-state index >= 15 is 0 Å². The molecule has 4 nitrogen and oxygen atoms in total. The Morgan fingerprint density at radius 3 is 2.63 bits per heavy atom. The molecule has 0 amide bonds. The van der Waals surface area contributed by atoms with Gasteiger partial charge in [0.25, 0.3) is 0 Å². The minimum atomic E-state index is -0.698. The Bertz CT molecular complexity index is 594. The van der Waals surface area contributed by atoms with Gasteiger partial charge in [-0.25, -0.2) is 0 Å². The van der Waals surface area contributed by atoms with Gasteiger partial charge < -0.3 is 13.9 Å². The van der Waals surface area contributed by atoms with Gasteiger partial charge in [0.2, 0.25) is 0 Å². The fourth-order valence-corrected chi connectivity index (χ4v) is 2.21. The van der Waals surface area contributed by atoms with E-state index < -0.39 is 5.79 Å². The second-order valence-electron chi connectivity index (χ2n) is 4.54. The third-order valence-corrected chi connectivity index (χ3v) is 3.25. The summed E-state index contributed by atoms with van der Waals surface area (Å²) >= 11 is 0.